The molecule has 0 atom stereocenters. The Bertz CT molecular complexity index is 785. The fourth-order valence-electron chi connectivity index (χ4n) is 1.34. The van der Waals surface area contributed by atoms with Gasteiger partial charge in [0.05, 0.1) is 17.8 Å². The summed E-state index contributed by atoms with van der Waals surface area (Å²) in [5.74, 6) is -0.851. The Labute approximate surface area is 118 Å². The van der Waals surface area contributed by atoms with Gasteiger partial charge in [-0.3, -0.25) is 0 Å². The van der Waals surface area contributed by atoms with Gasteiger partial charge in [0.25, 0.3) is 9.05 Å². The number of aromatic nitrogens is 1. The lowest BCUT2D eigenvalue weighted by atomic mass is 10.2. The lowest BCUT2D eigenvalue weighted by Gasteiger charge is -2.06. The van der Waals surface area contributed by atoms with Crippen molar-refractivity contribution in [1.82, 2.24) is 4.98 Å². The van der Waals surface area contributed by atoms with Crippen molar-refractivity contribution >= 4 is 19.7 Å². The molecule has 2 aromatic rings. The summed E-state index contributed by atoms with van der Waals surface area (Å²) in [6.07, 6.45) is 0.999. The Morgan fingerprint density at radius 3 is 2.55 bits per heavy atom. The number of hydrogen-bond acceptors (Lipinski definition) is 5. The summed E-state index contributed by atoms with van der Waals surface area (Å²) in [6.45, 7) is 0. The van der Waals surface area contributed by atoms with E-state index >= 15 is 0 Å². The Morgan fingerprint density at radius 2 is 2.05 bits per heavy atom. The van der Waals surface area contributed by atoms with E-state index in [4.69, 9.17) is 20.7 Å². The summed E-state index contributed by atoms with van der Waals surface area (Å²) in [7, 11) is 1.26. The minimum absolute atomic E-state index is 0.00215. The van der Waals surface area contributed by atoms with Crippen LogP contribution in [0.3, 0.4) is 0 Å². The topological polar surface area (TPSA) is 80.0 Å². The van der Waals surface area contributed by atoms with Crippen LogP contribution in [0.25, 0.3) is 0 Å². The Hall–Kier alpha value is -2.17. The quantitative estimate of drug-likeness (QED) is 0.814. The molecule has 0 saturated heterocycles. The first-order valence-corrected chi connectivity index (χ1v) is 7.49. The molecule has 0 radical (unpaired) electrons. The second kappa shape index (κ2) is 5.45. The van der Waals surface area contributed by atoms with Gasteiger partial charge in [0.2, 0.25) is 5.88 Å². The van der Waals surface area contributed by atoms with Crippen LogP contribution in [0.15, 0.2) is 41.4 Å². The van der Waals surface area contributed by atoms with Crippen LogP contribution in [-0.4, -0.2) is 13.4 Å². The zero-order valence-electron chi connectivity index (χ0n) is 9.75. The highest BCUT2D eigenvalue weighted by molar-refractivity contribution is 8.13. The summed E-state index contributed by atoms with van der Waals surface area (Å²) < 4.78 is 40.8. The van der Waals surface area contributed by atoms with Crippen molar-refractivity contribution in [3.63, 3.8) is 0 Å². The molecule has 5 nitrogen and oxygen atoms in total. The van der Waals surface area contributed by atoms with Crippen molar-refractivity contribution in [2.75, 3.05) is 0 Å². The molecule has 1 aromatic carbocycles. The highest BCUT2D eigenvalue weighted by Gasteiger charge is 2.11. The van der Waals surface area contributed by atoms with Gasteiger partial charge in [-0.25, -0.2) is 17.8 Å². The molecule has 0 fully saturated rings. The van der Waals surface area contributed by atoms with E-state index in [1.54, 1.807) is 6.07 Å². The van der Waals surface area contributed by atoms with E-state index in [0.29, 0.717) is 0 Å². The summed E-state index contributed by atoms with van der Waals surface area (Å²) in [5.41, 5.74) is 0.159. The van der Waals surface area contributed by atoms with Crippen molar-refractivity contribution in [1.29, 1.82) is 5.26 Å². The van der Waals surface area contributed by atoms with Gasteiger partial charge in [-0.05, 0) is 24.3 Å². The SMILES string of the molecule is N#Cc1ccc(Oc2ccc(S(=O)(=O)Cl)cn2)c(F)c1. The monoisotopic (exact) mass is 312 g/mol. The van der Waals surface area contributed by atoms with Crippen LogP contribution >= 0.6 is 10.7 Å². The maximum absolute atomic E-state index is 13.6. The van der Waals surface area contributed by atoms with E-state index in [1.165, 1.54) is 24.3 Å². The third-order valence-electron chi connectivity index (χ3n) is 2.27. The molecular formula is C12H6ClFN2O3S. The molecule has 20 heavy (non-hydrogen) atoms. The Kier molecular flexibility index (Phi) is 3.88. The van der Waals surface area contributed by atoms with Gasteiger partial charge in [-0.1, -0.05) is 0 Å². The fraction of sp³-hybridized carbons (Fsp3) is 0. The van der Waals surface area contributed by atoms with Crippen molar-refractivity contribution in [3.05, 3.63) is 47.9 Å². The molecule has 0 aliphatic carbocycles. The molecule has 0 N–H and O–H groups in total. The molecule has 0 saturated carbocycles. The smallest absolute Gasteiger partial charge is 0.262 e. The average molecular weight is 313 g/mol. The summed E-state index contributed by atoms with van der Waals surface area (Å²) >= 11 is 0. The predicted octanol–water partition coefficient (Wildman–Crippen LogP) is 2.81. The van der Waals surface area contributed by atoms with Gasteiger partial charge < -0.3 is 4.74 Å². The lowest BCUT2D eigenvalue weighted by molar-refractivity contribution is 0.426. The first-order valence-electron chi connectivity index (χ1n) is 5.18. The number of rotatable bonds is 3. The highest BCUT2D eigenvalue weighted by Crippen LogP contribution is 2.24. The molecule has 1 heterocycles. The van der Waals surface area contributed by atoms with Gasteiger partial charge in [-0.15, -0.1) is 0 Å². The summed E-state index contributed by atoms with van der Waals surface area (Å²) in [5, 5.41) is 8.61. The molecule has 8 heteroatoms. The normalized spacial score (nSPS) is 10.8. The van der Waals surface area contributed by atoms with Crippen LogP contribution in [0.5, 0.6) is 11.6 Å². The second-order valence-corrected chi connectivity index (χ2v) is 6.19. The number of ether oxygens (including phenoxy) is 1. The average Bonchev–Trinajstić information content (AvgIpc) is 2.40. The van der Waals surface area contributed by atoms with Crippen LogP contribution < -0.4 is 4.74 Å². The third-order valence-corrected chi connectivity index (χ3v) is 3.61. The maximum Gasteiger partial charge on any atom is 0.262 e. The van der Waals surface area contributed by atoms with Gasteiger partial charge in [-0.2, -0.15) is 5.26 Å². The maximum atomic E-state index is 13.6. The lowest BCUT2D eigenvalue weighted by Crippen LogP contribution is -1.95. The highest BCUT2D eigenvalue weighted by atomic mass is 35.7. The van der Waals surface area contributed by atoms with Crippen molar-refractivity contribution < 1.29 is 17.5 Å². The van der Waals surface area contributed by atoms with Crippen LogP contribution in [-0.2, 0) is 9.05 Å². The first kappa shape index (κ1) is 14.2. The fourth-order valence-corrected chi connectivity index (χ4v) is 2.02. The largest absolute Gasteiger partial charge is 0.436 e. The zero-order chi connectivity index (χ0) is 14.8. The Balaban J connectivity index is 2.25. The number of pyridine rings is 1. The second-order valence-electron chi connectivity index (χ2n) is 3.63. The van der Waals surface area contributed by atoms with E-state index in [0.717, 1.165) is 12.3 Å². The molecule has 0 aliphatic rings. The minimum Gasteiger partial charge on any atom is -0.436 e. The standard InChI is InChI=1S/C12H6ClFN2O3S/c13-20(17,18)9-2-4-12(16-7-9)19-11-3-1-8(6-15)5-10(11)14/h1-5,7H. The molecule has 0 aliphatic heterocycles. The van der Waals surface area contributed by atoms with Gasteiger partial charge in [0, 0.05) is 16.7 Å². The van der Waals surface area contributed by atoms with Crippen LogP contribution in [0, 0.1) is 17.1 Å². The van der Waals surface area contributed by atoms with E-state index in [2.05, 4.69) is 4.98 Å². The summed E-state index contributed by atoms with van der Waals surface area (Å²) in [6, 6.07) is 7.91. The van der Waals surface area contributed by atoms with E-state index in [1.807, 2.05) is 0 Å². The number of nitriles is 1. The molecule has 1 aromatic heterocycles. The van der Waals surface area contributed by atoms with Crippen LogP contribution in [0.1, 0.15) is 5.56 Å². The van der Waals surface area contributed by atoms with E-state index in [9.17, 15) is 12.8 Å². The van der Waals surface area contributed by atoms with Gasteiger partial charge in [0.15, 0.2) is 11.6 Å². The number of benzene rings is 1. The van der Waals surface area contributed by atoms with Crippen LogP contribution in [0.4, 0.5) is 4.39 Å². The number of nitrogens with zero attached hydrogens (tertiary/aromatic N) is 2. The third kappa shape index (κ3) is 3.23. The number of halogens is 2. The molecule has 2 rings (SSSR count). The molecule has 0 spiro atoms. The van der Waals surface area contributed by atoms with Crippen molar-refractivity contribution in [2.45, 2.75) is 4.90 Å². The van der Waals surface area contributed by atoms with Gasteiger partial charge in [0.1, 0.15) is 4.90 Å². The van der Waals surface area contributed by atoms with E-state index in [-0.39, 0.29) is 22.1 Å². The molecule has 0 bridgehead atoms. The molecule has 0 amide bonds. The van der Waals surface area contributed by atoms with Crippen molar-refractivity contribution in [3.8, 4) is 17.7 Å². The molecule has 102 valence electrons. The predicted molar refractivity (Wildman–Crippen MR) is 68.5 cm³/mol. The van der Waals surface area contributed by atoms with Crippen LogP contribution in [0.2, 0.25) is 0 Å². The number of hydrogen-bond donors (Lipinski definition) is 0. The first-order chi connectivity index (χ1) is 9.40. The molecule has 0 unspecified atom stereocenters. The van der Waals surface area contributed by atoms with Crippen molar-refractivity contribution in [2.24, 2.45) is 0 Å². The molecular weight excluding hydrogens is 307 g/mol. The summed E-state index contributed by atoms with van der Waals surface area (Å²) in [4.78, 5) is 3.52. The zero-order valence-corrected chi connectivity index (χ0v) is 11.3. The van der Waals surface area contributed by atoms with E-state index < -0.39 is 14.9 Å². The Morgan fingerprint density at radius 1 is 1.30 bits per heavy atom. The minimum atomic E-state index is -3.87. The van der Waals surface area contributed by atoms with Gasteiger partial charge >= 0.3 is 0 Å².